The molecule has 0 saturated carbocycles. The Morgan fingerprint density at radius 2 is 2.07 bits per heavy atom. The lowest BCUT2D eigenvalue weighted by Gasteiger charge is -2.29. The number of benzene rings is 1. The van der Waals surface area contributed by atoms with E-state index in [9.17, 15) is 13.2 Å². The van der Waals surface area contributed by atoms with Crippen LogP contribution in [0.2, 0.25) is 0 Å². The molecular weight excluding hydrogens is 394 g/mol. The molecule has 1 amide bonds. The van der Waals surface area contributed by atoms with Crippen LogP contribution in [0.25, 0.3) is 0 Å². The molecule has 2 aromatic rings. The summed E-state index contributed by atoms with van der Waals surface area (Å²) in [5, 5.41) is 2.00. The summed E-state index contributed by atoms with van der Waals surface area (Å²) in [4.78, 5) is 16.3. The molecule has 3 rings (SSSR count). The first-order valence-corrected chi connectivity index (χ1v) is 12.4. The van der Waals surface area contributed by atoms with Gasteiger partial charge in [-0.1, -0.05) is 25.5 Å². The third-order valence-corrected chi connectivity index (χ3v) is 7.82. The fraction of sp³-hybridized carbons (Fsp3) is 0.476. The van der Waals surface area contributed by atoms with Gasteiger partial charge in [-0.15, -0.1) is 11.3 Å². The molecule has 0 bridgehead atoms. The predicted octanol–water partition coefficient (Wildman–Crippen LogP) is 4.06. The average Bonchev–Trinajstić information content (AvgIpc) is 3.24. The molecule has 0 spiro atoms. The highest BCUT2D eigenvalue weighted by atomic mass is 32.2. The maximum Gasteiger partial charge on any atom is 0.258 e. The van der Waals surface area contributed by atoms with E-state index in [1.807, 2.05) is 36.6 Å². The van der Waals surface area contributed by atoms with Crippen LogP contribution in [0.5, 0.6) is 5.75 Å². The van der Waals surface area contributed by atoms with Gasteiger partial charge in [-0.2, -0.15) is 0 Å². The van der Waals surface area contributed by atoms with E-state index < -0.39 is 9.84 Å². The van der Waals surface area contributed by atoms with Crippen molar-refractivity contribution in [1.29, 1.82) is 0 Å². The summed E-state index contributed by atoms with van der Waals surface area (Å²) in [6.07, 6.45) is 2.42. The molecule has 5 nitrogen and oxygen atoms in total. The summed E-state index contributed by atoms with van der Waals surface area (Å²) in [6.45, 7) is 5.09. The maximum atomic E-state index is 13.5. The molecule has 0 aliphatic carbocycles. The second-order valence-corrected chi connectivity index (χ2v) is 10.4. The Bertz CT molecular complexity index is 920. The highest BCUT2D eigenvalue weighted by Crippen LogP contribution is 2.28. The minimum atomic E-state index is -3.09. The van der Waals surface area contributed by atoms with E-state index in [-0.39, 0.29) is 23.5 Å². The standard InChI is InChI=1S/C21H27NO4S2/c1-3-4-11-26-19-8-6-5-7-18(19)21(23)22(14-20-16(2)9-12-27-20)17-10-13-28(24,25)15-17/h5-9,12,17H,3-4,10-11,13-15H2,1-2H3. The lowest BCUT2D eigenvalue weighted by Crippen LogP contribution is -2.40. The van der Waals surface area contributed by atoms with Gasteiger partial charge < -0.3 is 9.64 Å². The molecule has 0 N–H and O–H groups in total. The molecule has 0 radical (unpaired) electrons. The molecule has 2 heterocycles. The highest BCUT2D eigenvalue weighted by Gasteiger charge is 2.36. The van der Waals surface area contributed by atoms with E-state index in [1.165, 1.54) is 0 Å². The zero-order valence-corrected chi connectivity index (χ0v) is 18.0. The van der Waals surface area contributed by atoms with Crippen molar-refractivity contribution in [2.75, 3.05) is 18.1 Å². The molecular formula is C21H27NO4S2. The van der Waals surface area contributed by atoms with Crippen LogP contribution in [0.3, 0.4) is 0 Å². The van der Waals surface area contributed by atoms with E-state index in [0.29, 0.717) is 30.9 Å². The van der Waals surface area contributed by atoms with E-state index in [0.717, 1.165) is 23.3 Å². The van der Waals surface area contributed by atoms with E-state index in [2.05, 4.69) is 6.92 Å². The Labute approximate surface area is 171 Å². The molecule has 28 heavy (non-hydrogen) atoms. The molecule has 1 aliphatic heterocycles. The van der Waals surface area contributed by atoms with Gasteiger partial charge in [0, 0.05) is 10.9 Å². The molecule has 1 aliphatic rings. The number of hydrogen-bond acceptors (Lipinski definition) is 5. The lowest BCUT2D eigenvalue weighted by atomic mass is 10.1. The first kappa shape index (κ1) is 20.9. The Hall–Kier alpha value is -1.86. The third kappa shape index (κ3) is 4.94. The number of thiophene rings is 1. The zero-order valence-electron chi connectivity index (χ0n) is 16.4. The van der Waals surface area contributed by atoms with Crippen LogP contribution in [0.1, 0.15) is 47.0 Å². The summed E-state index contributed by atoms with van der Waals surface area (Å²) in [5.74, 6) is 0.568. The molecule has 1 saturated heterocycles. The number of carbonyl (C=O) groups excluding carboxylic acids is 1. The molecule has 7 heteroatoms. The number of carbonyl (C=O) groups is 1. The number of amides is 1. The van der Waals surface area contributed by atoms with E-state index in [1.54, 1.807) is 22.3 Å². The van der Waals surface area contributed by atoms with Gasteiger partial charge in [0.05, 0.1) is 30.2 Å². The molecule has 152 valence electrons. The van der Waals surface area contributed by atoms with Crippen molar-refractivity contribution in [3.05, 3.63) is 51.7 Å². The van der Waals surface area contributed by atoms with Crippen LogP contribution in [-0.2, 0) is 16.4 Å². The number of ether oxygens (including phenoxy) is 1. The Morgan fingerprint density at radius 1 is 1.29 bits per heavy atom. The van der Waals surface area contributed by atoms with Crippen molar-refractivity contribution in [2.24, 2.45) is 0 Å². The van der Waals surface area contributed by atoms with Gasteiger partial charge in [-0.3, -0.25) is 4.79 Å². The zero-order chi connectivity index (χ0) is 20.1. The van der Waals surface area contributed by atoms with Crippen molar-refractivity contribution in [3.8, 4) is 5.75 Å². The molecule has 1 aromatic carbocycles. The fourth-order valence-corrected chi connectivity index (χ4v) is 5.99. The highest BCUT2D eigenvalue weighted by molar-refractivity contribution is 7.91. The Kier molecular flexibility index (Phi) is 6.78. The van der Waals surface area contributed by atoms with Crippen LogP contribution in [0.4, 0.5) is 0 Å². The minimum Gasteiger partial charge on any atom is -0.493 e. The number of sulfone groups is 1. The normalized spacial score (nSPS) is 18.1. The molecule has 1 atom stereocenters. The molecule has 1 fully saturated rings. The summed E-state index contributed by atoms with van der Waals surface area (Å²) >= 11 is 1.60. The van der Waals surface area contributed by atoms with Gasteiger partial charge in [0.1, 0.15) is 5.75 Å². The SMILES string of the molecule is CCCCOc1ccccc1C(=O)N(Cc1sccc1C)C1CCS(=O)(=O)C1. The summed E-state index contributed by atoms with van der Waals surface area (Å²) in [6, 6.07) is 8.97. The van der Waals surface area contributed by atoms with Crippen LogP contribution in [-0.4, -0.2) is 43.4 Å². The summed E-state index contributed by atoms with van der Waals surface area (Å²) < 4.78 is 30.0. The fourth-order valence-electron chi connectivity index (χ4n) is 3.36. The maximum absolute atomic E-state index is 13.5. The van der Waals surface area contributed by atoms with Crippen LogP contribution < -0.4 is 4.74 Å². The smallest absolute Gasteiger partial charge is 0.258 e. The number of nitrogens with zero attached hydrogens (tertiary/aromatic N) is 1. The number of hydrogen-bond donors (Lipinski definition) is 0. The second-order valence-electron chi connectivity index (χ2n) is 7.21. The quantitative estimate of drug-likeness (QED) is 0.603. The predicted molar refractivity (Wildman–Crippen MR) is 113 cm³/mol. The van der Waals surface area contributed by atoms with Crippen molar-refractivity contribution in [1.82, 2.24) is 4.90 Å². The van der Waals surface area contributed by atoms with Crippen molar-refractivity contribution in [2.45, 2.75) is 45.7 Å². The first-order chi connectivity index (χ1) is 13.4. The van der Waals surface area contributed by atoms with E-state index >= 15 is 0 Å². The third-order valence-electron chi connectivity index (χ3n) is 5.07. The largest absolute Gasteiger partial charge is 0.493 e. The number of unbranched alkanes of at least 4 members (excludes halogenated alkanes) is 1. The Morgan fingerprint density at radius 3 is 2.71 bits per heavy atom. The van der Waals surface area contributed by atoms with Crippen molar-refractivity contribution >= 4 is 27.1 Å². The minimum absolute atomic E-state index is 0.0298. The van der Waals surface area contributed by atoms with Crippen LogP contribution in [0, 0.1) is 6.92 Å². The van der Waals surface area contributed by atoms with Gasteiger partial charge in [-0.25, -0.2) is 8.42 Å². The average molecular weight is 422 g/mol. The summed E-state index contributed by atoms with van der Waals surface area (Å²) in [7, 11) is -3.09. The van der Waals surface area contributed by atoms with Gasteiger partial charge in [0.25, 0.3) is 5.91 Å². The lowest BCUT2D eigenvalue weighted by molar-refractivity contribution is 0.0678. The summed E-state index contributed by atoms with van der Waals surface area (Å²) in [5.41, 5.74) is 1.62. The van der Waals surface area contributed by atoms with Crippen LogP contribution >= 0.6 is 11.3 Å². The Balaban J connectivity index is 1.89. The second kappa shape index (κ2) is 9.09. The topological polar surface area (TPSA) is 63.7 Å². The van der Waals surface area contributed by atoms with Gasteiger partial charge >= 0.3 is 0 Å². The number of para-hydroxylation sites is 1. The molecule has 1 unspecified atom stereocenters. The number of aryl methyl sites for hydroxylation is 1. The van der Waals surface area contributed by atoms with Gasteiger partial charge in [0.15, 0.2) is 9.84 Å². The van der Waals surface area contributed by atoms with E-state index in [4.69, 9.17) is 4.74 Å². The first-order valence-electron chi connectivity index (χ1n) is 9.67. The van der Waals surface area contributed by atoms with Crippen molar-refractivity contribution < 1.29 is 17.9 Å². The molecule has 1 aromatic heterocycles. The van der Waals surface area contributed by atoms with Gasteiger partial charge in [0.2, 0.25) is 0 Å². The monoisotopic (exact) mass is 421 g/mol. The number of rotatable bonds is 8. The van der Waals surface area contributed by atoms with Crippen LogP contribution in [0.15, 0.2) is 35.7 Å². The van der Waals surface area contributed by atoms with Crippen molar-refractivity contribution in [3.63, 3.8) is 0 Å². The van der Waals surface area contributed by atoms with Gasteiger partial charge in [-0.05, 0) is 48.9 Å².